The highest BCUT2D eigenvalue weighted by Crippen LogP contribution is 2.38. The number of ether oxygens (including phenoxy) is 1. The van der Waals surface area contributed by atoms with Crippen LogP contribution in [0.3, 0.4) is 0 Å². The molecule has 1 aliphatic heterocycles. The minimum absolute atomic E-state index is 0.0396. The van der Waals surface area contributed by atoms with Gasteiger partial charge in [0.15, 0.2) is 0 Å². The Bertz CT molecular complexity index is 888. The van der Waals surface area contributed by atoms with Crippen LogP contribution in [-0.2, 0) is 16.0 Å². The Balaban J connectivity index is 1.58. The van der Waals surface area contributed by atoms with Crippen molar-refractivity contribution in [1.82, 2.24) is 9.80 Å². The highest BCUT2D eigenvalue weighted by molar-refractivity contribution is 7.10. The van der Waals surface area contributed by atoms with Crippen LogP contribution in [-0.4, -0.2) is 48.4 Å². The first kappa shape index (κ1) is 20.9. The molecule has 0 N–H and O–H groups in total. The number of benzene rings is 1. The number of nitrogens with zero attached hydrogens (tertiary/aromatic N) is 2. The van der Waals surface area contributed by atoms with Crippen molar-refractivity contribution in [3.05, 3.63) is 51.7 Å². The molecule has 1 aromatic carbocycles. The van der Waals surface area contributed by atoms with E-state index in [0.29, 0.717) is 13.1 Å². The summed E-state index contributed by atoms with van der Waals surface area (Å²) in [5.74, 6) is 1.14. The molecule has 160 valence electrons. The van der Waals surface area contributed by atoms with Crippen LogP contribution >= 0.6 is 11.3 Å². The number of thiophene rings is 1. The zero-order chi connectivity index (χ0) is 21.1. The highest BCUT2D eigenvalue weighted by atomic mass is 32.1. The third-order valence-electron chi connectivity index (χ3n) is 6.06. The van der Waals surface area contributed by atoms with E-state index in [1.165, 1.54) is 10.4 Å². The second-order valence-electron chi connectivity index (χ2n) is 8.20. The van der Waals surface area contributed by atoms with Gasteiger partial charge in [0.05, 0.1) is 19.7 Å². The highest BCUT2D eigenvalue weighted by Gasteiger charge is 2.37. The van der Waals surface area contributed by atoms with E-state index in [1.807, 2.05) is 29.2 Å². The van der Waals surface area contributed by atoms with Crippen molar-refractivity contribution in [3.63, 3.8) is 0 Å². The normalized spacial score (nSPS) is 18.1. The lowest BCUT2D eigenvalue weighted by Crippen LogP contribution is -2.47. The Labute approximate surface area is 182 Å². The Hall–Kier alpha value is -2.34. The maximum atomic E-state index is 13.5. The first-order valence-corrected chi connectivity index (χ1v) is 11.8. The monoisotopic (exact) mass is 426 g/mol. The number of hydrogen-bond acceptors (Lipinski definition) is 4. The van der Waals surface area contributed by atoms with E-state index in [1.54, 1.807) is 23.3 Å². The number of amides is 2. The van der Waals surface area contributed by atoms with Crippen molar-refractivity contribution in [2.24, 2.45) is 5.92 Å². The van der Waals surface area contributed by atoms with Gasteiger partial charge in [0.25, 0.3) is 0 Å². The molecule has 30 heavy (non-hydrogen) atoms. The van der Waals surface area contributed by atoms with E-state index in [2.05, 4.69) is 18.4 Å². The standard InChI is InChI=1S/C24H30N2O3S/c1-3-4-13-25(24(28)18-5-6-18)16-22(27)26-14-11-21-20(12-15-30-21)23(26)17-7-9-19(29-2)10-8-17/h7-10,12,15,18,23H,3-6,11,13-14,16H2,1-2H3/t23-/m0/s1. The van der Waals surface area contributed by atoms with E-state index in [0.717, 1.165) is 43.4 Å². The molecule has 2 heterocycles. The number of fused-ring (bicyclic) bond motifs is 1. The van der Waals surface area contributed by atoms with Gasteiger partial charge in [0, 0.05) is 23.9 Å². The Morgan fingerprint density at radius 3 is 2.63 bits per heavy atom. The topological polar surface area (TPSA) is 49.9 Å². The molecule has 0 unspecified atom stereocenters. The molecule has 2 aromatic rings. The van der Waals surface area contributed by atoms with Gasteiger partial charge in [-0.1, -0.05) is 25.5 Å². The fraction of sp³-hybridized carbons (Fsp3) is 0.500. The molecule has 1 saturated carbocycles. The number of methoxy groups -OCH3 is 1. The van der Waals surface area contributed by atoms with Crippen LogP contribution in [0.15, 0.2) is 35.7 Å². The molecule has 0 saturated heterocycles. The van der Waals surface area contributed by atoms with E-state index >= 15 is 0 Å². The minimum atomic E-state index is -0.109. The second-order valence-corrected chi connectivity index (χ2v) is 9.20. The zero-order valence-corrected chi connectivity index (χ0v) is 18.6. The van der Waals surface area contributed by atoms with Gasteiger partial charge >= 0.3 is 0 Å². The lowest BCUT2D eigenvalue weighted by molar-refractivity contribution is -0.142. The van der Waals surface area contributed by atoms with E-state index in [9.17, 15) is 9.59 Å². The predicted molar refractivity (Wildman–Crippen MR) is 119 cm³/mol. The fourth-order valence-corrected chi connectivity index (χ4v) is 5.09. The molecular formula is C24H30N2O3S. The van der Waals surface area contributed by atoms with Crippen LogP contribution in [0.5, 0.6) is 5.75 Å². The first-order chi connectivity index (χ1) is 14.6. The van der Waals surface area contributed by atoms with Gasteiger partial charge in [-0.25, -0.2) is 0 Å². The molecular weight excluding hydrogens is 396 g/mol. The SMILES string of the molecule is CCCCN(CC(=O)N1CCc2sccc2[C@@H]1c1ccc(OC)cc1)C(=O)C1CC1. The van der Waals surface area contributed by atoms with Gasteiger partial charge in [-0.2, -0.15) is 0 Å². The quantitative estimate of drug-likeness (QED) is 0.633. The van der Waals surface area contributed by atoms with Crippen LogP contribution in [0.1, 0.15) is 54.7 Å². The number of rotatable bonds is 8. The molecule has 0 radical (unpaired) electrons. The Kier molecular flexibility index (Phi) is 6.42. The van der Waals surface area contributed by atoms with Gasteiger partial charge in [-0.05, 0) is 60.4 Å². The average molecular weight is 427 g/mol. The summed E-state index contributed by atoms with van der Waals surface area (Å²) in [6.45, 7) is 3.65. The van der Waals surface area contributed by atoms with Crippen LogP contribution in [0, 0.1) is 5.92 Å². The van der Waals surface area contributed by atoms with Crippen molar-refractivity contribution >= 4 is 23.2 Å². The minimum Gasteiger partial charge on any atom is -0.497 e. The summed E-state index contributed by atoms with van der Waals surface area (Å²) in [6, 6.07) is 10.0. The zero-order valence-electron chi connectivity index (χ0n) is 17.8. The lowest BCUT2D eigenvalue weighted by Gasteiger charge is -2.37. The summed E-state index contributed by atoms with van der Waals surface area (Å²) in [5, 5.41) is 2.11. The van der Waals surface area contributed by atoms with Crippen molar-refractivity contribution in [2.75, 3.05) is 26.7 Å². The molecule has 5 nitrogen and oxygen atoms in total. The van der Waals surface area contributed by atoms with Crippen LogP contribution in [0.2, 0.25) is 0 Å². The van der Waals surface area contributed by atoms with E-state index in [4.69, 9.17) is 4.74 Å². The maximum absolute atomic E-state index is 13.5. The summed E-state index contributed by atoms with van der Waals surface area (Å²) in [5.41, 5.74) is 2.29. The number of unbranched alkanes of at least 4 members (excludes halogenated alkanes) is 1. The summed E-state index contributed by atoms with van der Waals surface area (Å²) < 4.78 is 5.31. The Morgan fingerprint density at radius 2 is 1.97 bits per heavy atom. The molecule has 2 amide bonds. The second kappa shape index (κ2) is 9.21. The molecule has 0 spiro atoms. The number of carbonyl (C=O) groups is 2. The molecule has 1 aliphatic carbocycles. The lowest BCUT2D eigenvalue weighted by atomic mass is 9.93. The largest absolute Gasteiger partial charge is 0.497 e. The summed E-state index contributed by atoms with van der Waals surface area (Å²) in [4.78, 5) is 31.3. The molecule has 1 atom stereocenters. The third-order valence-corrected chi connectivity index (χ3v) is 7.06. The summed E-state index contributed by atoms with van der Waals surface area (Å²) >= 11 is 1.76. The van der Waals surface area contributed by atoms with Crippen LogP contribution < -0.4 is 4.74 Å². The van der Waals surface area contributed by atoms with Crippen molar-refractivity contribution in [3.8, 4) is 5.75 Å². The van der Waals surface area contributed by atoms with E-state index in [-0.39, 0.29) is 30.3 Å². The summed E-state index contributed by atoms with van der Waals surface area (Å²) in [7, 11) is 1.66. The molecule has 0 bridgehead atoms. The number of hydrogen-bond donors (Lipinski definition) is 0. The van der Waals surface area contributed by atoms with Gasteiger partial charge in [-0.3, -0.25) is 9.59 Å². The van der Waals surface area contributed by atoms with Gasteiger partial charge in [-0.15, -0.1) is 11.3 Å². The van der Waals surface area contributed by atoms with Crippen molar-refractivity contribution in [2.45, 2.75) is 45.1 Å². The average Bonchev–Trinajstić information content (AvgIpc) is 3.52. The number of carbonyl (C=O) groups excluding carboxylic acids is 2. The molecule has 1 fully saturated rings. The molecule has 2 aliphatic rings. The molecule has 4 rings (SSSR count). The summed E-state index contributed by atoms with van der Waals surface area (Å²) in [6.07, 6.45) is 4.75. The van der Waals surface area contributed by atoms with Crippen molar-refractivity contribution in [1.29, 1.82) is 0 Å². The Morgan fingerprint density at radius 1 is 1.20 bits per heavy atom. The third kappa shape index (κ3) is 4.38. The van der Waals surface area contributed by atoms with E-state index < -0.39 is 0 Å². The predicted octanol–water partition coefficient (Wildman–Crippen LogP) is 4.27. The van der Waals surface area contributed by atoms with Gasteiger partial charge in [0.1, 0.15) is 5.75 Å². The molecule has 1 aromatic heterocycles. The first-order valence-electron chi connectivity index (χ1n) is 10.9. The maximum Gasteiger partial charge on any atom is 0.242 e. The fourth-order valence-electron chi connectivity index (χ4n) is 4.19. The van der Waals surface area contributed by atoms with Crippen LogP contribution in [0.4, 0.5) is 0 Å². The van der Waals surface area contributed by atoms with Gasteiger partial charge < -0.3 is 14.5 Å². The van der Waals surface area contributed by atoms with Crippen LogP contribution in [0.25, 0.3) is 0 Å². The van der Waals surface area contributed by atoms with Gasteiger partial charge in [0.2, 0.25) is 11.8 Å². The molecule has 6 heteroatoms. The smallest absolute Gasteiger partial charge is 0.242 e. The van der Waals surface area contributed by atoms with Crippen molar-refractivity contribution < 1.29 is 14.3 Å².